The van der Waals surface area contributed by atoms with Crippen LogP contribution in [-0.2, 0) is 11.9 Å². The number of hydrogen-bond donors (Lipinski definition) is 0. The minimum Gasteiger partial charge on any atom is -0.383 e. The molecule has 0 fully saturated rings. The molecule has 1 rings (SSSR count). The number of nitrogens with zero attached hydrogens (tertiary/aromatic N) is 4. The Bertz CT molecular complexity index is 309. The fourth-order valence-corrected chi connectivity index (χ4v) is 0.586. The van der Waals surface area contributed by atoms with Crippen LogP contribution in [0.2, 0.25) is 0 Å². The number of oxime groups is 1. The molecular weight excluding hydrogens is 156 g/mol. The van der Waals surface area contributed by atoms with Crippen molar-refractivity contribution in [2.45, 2.75) is 0 Å². The quantitative estimate of drug-likeness (QED) is 0.269. The summed E-state index contributed by atoms with van der Waals surface area (Å²) in [7, 11) is 1.72. The van der Waals surface area contributed by atoms with Gasteiger partial charge in [0.25, 0.3) is 0 Å². The van der Waals surface area contributed by atoms with E-state index in [9.17, 15) is 0 Å². The first kappa shape index (κ1) is 8.27. The van der Waals surface area contributed by atoms with Gasteiger partial charge >= 0.3 is 0 Å². The molecule has 0 aromatic carbocycles. The largest absolute Gasteiger partial charge is 0.383 e. The number of terminal acetylenes is 1. The second-order valence-electron chi connectivity index (χ2n) is 1.97. The molecule has 5 heteroatoms. The van der Waals surface area contributed by atoms with Gasteiger partial charge in [0.2, 0.25) is 0 Å². The van der Waals surface area contributed by atoms with Gasteiger partial charge in [0.05, 0.1) is 12.4 Å². The highest BCUT2D eigenvalue weighted by Gasteiger charge is 1.91. The van der Waals surface area contributed by atoms with Crippen molar-refractivity contribution in [3.8, 4) is 12.3 Å². The first-order valence-corrected chi connectivity index (χ1v) is 3.28. The summed E-state index contributed by atoms with van der Waals surface area (Å²) in [6.45, 7) is 0.163. The molecule has 0 bridgehead atoms. The van der Waals surface area contributed by atoms with Gasteiger partial charge in [-0.05, 0) is 0 Å². The van der Waals surface area contributed by atoms with E-state index >= 15 is 0 Å². The highest BCUT2D eigenvalue weighted by atomic mass is 16.6. The van der Waals surface area contributed by atoms with Crippen molar-refractivity contribution in [1.82, 2.24) is 15.0 Å². The topological polar surface area (TPSA) is 52.3 Å². The normalized spacial score (nSPS) is 10.0. The SMILES string of the molecule is C#CCO/N=C/c1cnn(C)n1. The van der Waals surface area contributed by atoms with Crippen molar-refractivity contribution in [2.24, 2.45) is 12.2 Å². The predicted octanol–water partition coefficient (Wildman–Crippen LogP) is -0.201. The molecule has 1 heterocycles. The zero-order chi connectivity index (χ0) is 8.81. The van der Waals surface area contributed by atoms with E-state index in [4.69, 9.17) is 6.42 Å². The lowest BCUT2D eigenvalue weighted by Gasteiger charge is -1.87. The molecule has 0 amide bonds. The Morgan fingerprint density at radius 2 is 2.75 bits per heavy atom. The molecule has 0 aliphatic rings. The first-order chi connectivity index (χ1) is 5.83. The Hall–Kier alpha value is -1.83. The summed E-state index contributed by atoms with van der Waals surface area (Å²) in [6, 6.07) is 0. The molecule has 0 spiro atoms. The van der Waals surface area contributed by atoms with Crippen LogP contribution >= 0.6 is 0 Å². The number of aromatic nitrogens is 3. The van der Waals surface area contributed by atoms with Crippen molar-refractivity contribution < 1.29 is 4.84 Å². The van der Waals surface area contributed by atoms with Gasteiger partial charge in [-0.2, -0.15) is 15.0 Å². The summed E-state index contributed by atoms with van der Waals surface area (Å²) >= 11 is 0. The molecule has 0 aliphatic heterocycles. The van der Waals surface area contributed by atoms with Crippen LogP contribution in [0.15, 0.2) is 11.4 Å². The lowest BCUT2D eigenvalue weighted by atomic mass is 10.5. The van der Waals surface area contributed by atoms with Crippen molar-refractivity contribution >= 4 is 6.21 Å². The van der Waals surface area contributed by atoms with Crippen LogP contribution in [-0.4, -0.2) is 27.8 Å². The van der Waals surface area contributed by atoms with E-state index in [1.807, 2.05) is 0 Å². The van der Waals surface area contributed by atoms with Gasteiger partial charge in [-0.3, -0.25) is 0 Å². The molecule has 12 heavy (non-hydrogen) atoms. The third-order valence-electron chi connectivity index (χ3n) is 1.02. The molecule has 0 unspecified atom stereocenters. The Balaban J connectivity index is 2.42. The Kier molecular flexibility index (Phi) is 2.85. The summed E-state index contributed by atoms with van der Waals surface area (Å²) in [5, 5.41) is 11.3. The third-order valence-corrected chi connectivity index (χ3v) is 1.02. The van der Waals surface area contributed by atoms with Gasteiger partial charge in [-0.1, -0.05) is 11.1 Å². The molecule has 1 aromatic rings. The summed E-state index contributed by atoms with van der Waals surface area (Å²) in [5.74, 6) is 2.28. The highest BCUT2D eigenvalue weighted by Crippen LogP contribution is 1.85. The summed E-state index contributed by atoms with van der Waals surface area (Å²) in [5.41, 5.74) is 0.634. The van der Waals surface area contributed by atoms with Gasteiger partial charge in [0.15, 0.2) is 6.61 Å². The van der Waals surface area contributed by atoms with Crippen LogP contribution in [0.1, 0.15) is 5.69 Å². The average molecular weight is 164 g/mol. The standard InChI is InChI=1S/C7H8N4O/c1-3-4-12-9-6-7-5-8-11(2)10-7/h1,5-6H,4H2,2H3/b9-6+. The van der Waals surface area contributed by atoms with Crippen molar-refractivity contribution in [3.63, 3.8) is 0 Å². The van der Waals surface area contributed by atoms with Crippen molar-refractivity contribution in [3.05, 3.63) is 11.9 Å². The maximum atomic E-state index is 4.93. The first-order valence-electron chi connectivity index (χ1n) is 3.28. The van der Waals surface area contributed by atoms with Crippen LogP contribution in [0, 0.1) is 12.3 Å². The second kappa shape index (κ2) is 4.13. The van der Waals surface area contributed by atoms with E-state index in [0.29, 0.717) is 5.69 Å². The predicted molar refractivity (Wildman–Crippen MR) is 43.4 cm³/mol. The molecular formula is C7H8N4O. The number of rotatable bonds is 3. The summed E-state index contributed by atoms with van der Waals surface area (Å²) in [4.78, 5) is 6.09. The van der Waals surface area contributed by atoms with Gasteiger partial charge in [-0.15, -0.1) is 6.42 Å². The van der Waals surface area contributed by atoms with Crippen LogP contribution in [0.25, 0.3) is 0 Å². The van der Waals surface area contributed by atoms with E-state index in [0.717, 1.165) is 0 Å². The van der Waals surface area contributed by atoms with Crippen molar-refractivity contribution in [1.29, 1.82) is 0 Å². The molecule has 0 atom stereocenters. The fraction of sp³-hybridized carbons (Fsp3) is 0.286. The second-order valence-corrected chi connectivity index (χ2v) is 1.97. The molecule has 62 valence electrons. The average Bonchev–Trinajstić information content (AvgIpc) is 2.45. The zero-order valence-electron chi connectivity index (χ0n) is 6.64. The van der Waals surface area contributed by atoms with Crippen LogP contribution < -0.4 is 0 Å². The van der Waals surface area contributed by atoms with Crippen LogP contribution in [0.5, 0.6) is 0 Å². The monoisotopic (exact) mass is 164 g/mol. The van der Waals surface area contributed by atoms with Gasteiger partial charge in [0, 0.05) is 7.05 Å². The molecule has 0 saturated carbocycles. The number of hydrogen-bond acceptors (Lipinski definition) is 4. The van der Waals surface area contributed by atoms with E-state index in [1.165, 1.54) is 11.0 Å². The number of aryl methyl sites for hydroxylation is 1. The minimum atomic E-state index is 0.163. The molecule has 0 aliphatic carbocycles. The molecule has 5 nitrogen and oxygen atoms in total. The van der Waals surface area contributed by atoms with E-state index in [1.54, 1.807) is 13.2 Å². The van der Waals surface area contributed by atoms with Gasteiger partial charge in [0.1, 0.15) is 5.69 Å². The third kappa shape index (κ3) is 2.42. The highest BCUT2D eigenvalue weighted by molar-refractivity contribution is 5.75. The maximum absolute atomic E-state index is 4.93. The van der Waals surface area contributed by atoms with E-state index in [2.05, 4.69) is 26.1 Å². The van der Waals surface area contributed by atoms with Crippen LogP contribution in [0.4, 0.5) is 0 Å². The van der Waals surface area contributed by atoms with Gasteiger partial charge in [-0.25, -0.2) is 0 Å². The Morgan fingerprint density at radius 1 is 1.92 bits per heavy atom. The Labute approximate surface area is 70.0 Å². The van der Waals surface area contributed by atoms with E-state index < -0.39 is 0 Å². The lowest BCUT2D eigenvalue weighted by Crippen LogP contribution is -1.93. The summed E-state index contributed by atoms with van der Waals surface area (Å²) in [6.07, 6.45) is 7.95. The Morgan fingerprint density at radius 3 is 3.33 bits per heavy atom. The molecule has 0 N–H and O–H groups in total. The van der Waals surface area contributed by atoms with Gasteiger partial charge < -0.3 is 4.84 Å². The minimum absolute atomic E-state index is 0.163. The van der Waals surface area contributed by atoms with Crippen LogP contribution in [0.3, 0.4) is 0 Å². The van der Waals surface area contributed by atoms with E-state index in [-0.39, 0.29) is 6.61 Å². The maximum Gasteiger partial charge on any atom is 0.177 e. The fourth-order valence-electron chi connectivity index (χ4n) is 0.586. The smallest absolute Gasteiger partial charge is 0.177 e. The molecule has 0 radical (unpaired) electrons. The zero-order valence-corrected chi connectivity index (χ0v) is 6.64. The molecule has 1 aromatic heterocycles. The molecule has 0 saturated heterocycles. The lowest BCUT2D eigenvalue weighted by molar-refractivity contribution is 0.181. The van der Waals surface area contributed by atoms with Crippen molar-refractivity contribution in [2.75, 3.05) is 6.61 Å². The summed E-state index contributed by atoms with van der Waals surface area (Å²) < 4.78 is 0.